The summed E-state index contributed by atoms with van der Waals surface area (Å²) < 4.78 is 25.9. The van der Waals surface area contributed by atoms with Crippen LogP contribution in [0.15, 0.2) is 60.0 Å². The van der Waals surface area contributed by atoms with Crippen LogP contribution in [0, 0.1) is 11.7 Å². The summed E-state index contributed by atoms with van der Waals surface area (Å²) in [6, 6.07) is 5.39. The normalized spacial score (nSPS) is 19.2. The molecule has 3 heteroatoms. The Morgan fingerprint density at radius 2 is 1.89 bits per heavy atom. The van der Waals surface area contributed by atoms with Crippen LogP contribution in [0.1, 0.15) is 23.7 Å². The third kappa shape index (κ3) is 3.47. The fourth-order valence-corrected chi connectivity index (χ4v) is 1.89. The van der Waals surface area contributed by atoms with E-state index in [2.05, 4.69) is 0 Å². The summed E-state index contributed by atoms with van der Waals surface area (Å²) in [5.41, 5.74) is 1.34. The molecule has 1 nitrogen and oxygen atoms in total. The van der Waals surface area contributed by atoms with Gasteiger partial charge in [0.25, 0.3) is 0 Å². The van der Waals surface area contributed by atoms with Crippen LogP contribution >= 0.6 is 0 Å². The van der Waals surface area contributed by atoms with Crippen molar-refractivity contribution < 1.29 is 13.6 Å². The van der Waals surface area contributed by atoms with Crippen LogP contribution in [-0.2, 0) is 0 Å². The summed E-state index contributed by atoms with van der Waals surface area (Å²) in [7, 11) is 0. The number of ketones is 1. The van der Waals surface area contributed by atoms with E-state index >= 15 is 0 Å². The molecule has 0 spiro atoms. The SMILES string of the molecule is CC1CC(/C=C/C(=O)c2ccc(F)cc2)=CC=C1F. The Balaban J connectivity index is 2.07. The summed E-state index contributed by atoms with van der Waals surface area (Å²) in [5, 5.41) is 0. The molecule has 0 fully saturated rings. The Hall–Kier alpha value is -2.03. The number of halogens is 2. The van der Waals surface area contributed by atoms with Gasteiger partial charge in [-0.25, -0.2) is 8.78 Å². The van der Waals surface area contributed by atoms with E-state index in [9.17, 15) is 13.6 Å². The molecule has 0 aromatic heterocycles. The van der Waals surface area contributed by atoms with Crippen LogP contribution in [0.4, 0.5) is 8.78 Å². The predicted molar refractivity (Wildman–Crippen MR) is 70.9 cm³/mol. The van der Waals surface area contributed by atoms with Gasteiger partial charge in [-0.05, 0) is 48.4 Å². The summed E-state index contributed by atoms with van der Waals surface area (Å²) in [6.07, 6.45) is 6.80. The third-order valence-corrected chi connectivity index (χ3v) is 3.05. The average Bonchev–Trinajstić information content (AvgIpc) is 2.40. The summed E-state index contributed by atoms with van der Waals surface area (Å²) in [5.74, 6) is -0.846. The predicted octanol–water partition coefficient (Wildman–Crippen LogP) is 4.38. The lowest BCUT2D eigenvalue weighted by atomic mass is 9.94. The second-order valence-electron chi connectivity index (χ2n) is 4.60. The first-order chi connectivity index (χ1) is 9.06. The zero-order chi connectivity index (χ0) is 13.8. The van der Waals surface area contributed by atoms with Crippen molar-refractivity contribution in [1.82, 2.24) is 0 Å². The van der Waals surface area contributed by atoms with Crippen LogP contribution < -0.4 is 0 Å². The lowest BCUT2D eigenvalue weighted by Gasteiger charge is -2.13. The minimum Gasteiger partial charge on any atom is -0.289 e. The van der Waals surface area contributed by atoms with Crippen molar-refractivity contribution in [2.24, 2.45) is 5.92 Å². The Morgan fingerprint density at radius 3 is 2.53 bits per heavy atom. The molecule has 98 valence electrons. The number of hydrogen-bond acceptors (Lipinski definition) is 1. The van der Waals surface area contributed by atoms with Gasteiger partial charge < -0.3 is 0 Å². The van der Waals surface area contributed by atoms with E-state index in [1.807, 2.05) is 0 Å². The molecule has 0 N–H and O–H groups in total. The molecule has 1 aliphatic carbocycles. The molecule has 0 saturated heterocycles. The first-order valence-electron chi connectivity index (χ1n) is 6.10. The van der Waals surface area contributed by atoms with E-state index in [1.54, 1.807) is 19.1 Å². The second-order valence-corrected chi connectivity index (χ2v) is 4.60. The minimum absolute atomic E-state index is 0.137. The Bertz CT molecular complexity index is 565. The van der Waals surface area contributed by atoms with Crippen LogP contribution in [0.3, 0.4) is 0 Å². The van der Waals surface area contributed by atoms with Crippen molar-refractivity contribution in [1.29, 1.82) is 0 Å². The molecule has 0 saturated carbocycles. The topological polar surface area (TPSA) is 17.1 Å². The number of hydrogen-bond donors (Lipinski definition) is 0. The van der Waals surface area contributed by atoms with Crippen molar-refractivity contribution in [2.75, 3.05) is 0 Å². The average molecular weight is 260 g/mol. The van der Waals surface area contributed by atoms with Crippen molar-refractivity contribution in [3.63, 3.8) is 0 Å². The maximum Gasteiger partial charge on any atom is 0.185 e. The van der Waals surface area contributed by atoms with E-state index in [-0.39, 0.29) is 23.3 Å². The summed E-state index contributed by atoms with van der Waals surface area (Å²) in [6.45, 7) is 1.80. The highest BCUT2D eigenvalue weighted by atomic mass is 19.1. The monoisotopic (exact) mass is 260 g/mol. The van der Waals surface area contributed by atoms with E-state index < -0.39 is 0 Å². The lowest BCUT2D eigenvalue weighted by molar-refractivity contribution is 0.104. The number of carbonyl (C=O) groups excluding carboxylic acids is 1. The molecule has 1 aromatic carbocycles. The van der Waals surface area contributed by atoms with Gasteiger partial charge >= 0.3 is 0 Å². The molecule has 1 aromatic rings. The van der Waals surface area contributed by atoms with Crippen molar-refractivity contribution >= 4 is 5.78 Å². The molecule has 0 radical (unpaired) electrons. The van der Waals surface area contributed by atoms with Gasteiger partial charge in [-0.1, -0.05) is 19.1 Å². The van der Waals surface area contributed by atoms with E-state index in [1.165, 1.54) is 36.4 Å². The molecule has 0 bridgehead atoms. The molecule has 1 unspecified atom stereocenters. The highest BCUT2D eigenvalue weighted by Crippen LogP contribution is 2.26. The van der Waals surface area contributed by atoms with E-state index in [4.69, 9.17) is 0 Å². The Kier molecular flexibility index (Phi) is 4.05. The highest BCUT2D eigenvalue weighted by Gasteiger charge is 2.13. The molecule has 0 amide bonds. The maximum atomic E-state index is 13.1. The molecule has 0 aliphatic heterocycles. The quantitative estimate of drug-likeness (QED) is 0.582. The molecule has 19 heavy (non-hydrogen) atoms. The van der Waals surface area contributed by atoms with Gasteiger partial charge in [-0.3, -0.25) is 4.79 Å². The van der Waals surface area contributed by atoms with Crippen molar-refractivity contribution in [2.45, 2.75) is 13.3 Å². The smallest absolute Gasteiger partial charge is 0.185 e. The van der Waals surface area contributed by atoms with Gasteiger partial charge in [-0.2, -0.15) is 0 Å². The van der Waals surface area contributed by atoms with Crippen LogP contribution in [0.5, 0.6) is 0 Å². The maximum absolute atomic E-state index is 13.1. The summed E-state index contributed by atoms with van der Waals surface area (Å²) >= 11 is 0. The van der Waals surface area contributed by atoms with Gasteiger partial charge in [0.15, 0.2) is 5.78 Å². The first-order valence-corrected chi connectivity index (χ1v) is 6.10. The summed E-state index contributed by atoms with van der Waals surface area (Å²) in [4.78, 5) is 11.8. The van der Waals surface area contributed by atoms with Gasteiger partial charge in [0, 0.05) is 11.5 Å². The van der Waals surface area contributed by atoms with Crippen molar-refractivity contribution in [3.8, 4) is 0 Å². The molecule has 0 heterocycles. The van der Waals surface area contributed by atoms with E-state index in [0.29, 0.717) is 12.0 Å². The molecule has 2 rings (SSSR count). The molecule has 1 aliphatic rings. The number of allylic oxidation sites excluding steroid dienone is 6. The van der Waals surface area contributed by atoms with Gasteiger partial charge in [0.05, 0.1) is 0 Å². The minimum atomic E-state index is -0.370. The van der Waals surface area contributed by atoms with E-state index in [0.717, 1.165) is 5.57 Å². The highest BCUT2D eigenvalue weighted by molar-refractivity contribution is 6.04. The standard InChI is InChI=1S/C16H14F2O/c1-11-10-12(2-8-15(11)18)3-9-16(19)13-4-6-14(17)7-5-13/h2-9,11H,10H2,1H3/b9-3+. The largest absolute Gasteiger partial charge is 0.289 e. The van der Waals surface area contributed by atoms with Crippen molar-refractivity contribution in [3.05, 3.63) is 71.4 Å². The molecule has 1 atom stereocenters. The first kappa shape index (κ1) is 13.4. The number of carbonyl (C=O) groups is 1. The van der Waals surface area contributed by atoms with Crippen LogP contribution in [-0.4, -0.2) is 5.78 Å². The Labute approximate surface area is 110 Å². The fraction of sp³-hybridized carbons (Fsp3) is 0.188. The fourth-order valence-electron chi connectivity index (χ4n) is 1.89. The lowest BCUT2D eigenvalue weighted by Crippen LogP contribution is -2.01. The zero-order valence-corrected chi connectivity index (χ0v) is 10.6. The second kappa shape index (κ2) is 5.74. The van der Waals surface area contributed by atoms with Crippen LogP contribution in [0.2, 0.25) is 0 Å². The molecular formula is C16H14F2O. The number of benzene rings is 1. The van der Waals surface area contributed by atoms with Crippen LogP contribution in [0.25, 0.3) is 0 Å². The van der Waals surface area contributed by atoms with Gasteiger partial charge in [0.2, 0.25) is 0 Å². The Morgan fingerprint density at radius 1 is 1.21 bits per heavy atom. The molecular weight excluding hydrogens is 246 g/mol. The number of rotatable bonds is 3. The van der Waals surface area contributed by atoms with Gasteiger partial charge in [-0.15, -0.1) is 0 Å². The third-order valence-electron chi connectivity index (χ3n) is 3.05. The van der Waals surface area contributed by atoms with Gasteiger partial charge in [0.1, 0.15) is 11.6 Å². The zero-order valence-electron chi connectivity index (χ0n) is 10.6.